The van der Waals surface area contributed by atoms with E-state index in [1.54, 1.807) is 0 Å². The highest BCUT2D eigenvalue weighted by Crippen LogP contribution is 2.40. The molecule has 3 unspecified atom stereocenters. The Hall–Kier alpha value is -1.43. The molecule has 3 atom stereocenters. The van der Waals surface area contributed by atoms with E-state index in [-0.39, 0.29) is 24.0 Å². The molecule has 1 aromatic carbocycles. The molecule has 1 saturated heterocycles. The fourth-order valence-corrected chi connectivity index (χ4v) is 3.77. The Balaban J connectivity index is 1.71. The lowest BCUT2D eigenvalue weighted by atomic mass is 9.80. The van der Waals surface area contributed by atoms with Gasteiger partial charge in [-0.25, -0.2) is 0 Å². The van der Waals surface area contributed by atoms with E-state index in [1.165, 1.54) is 5.56 Å². The second kappa shape index (κ2) is 7.64. The lowest BCUT2D eigenvalue weighted by Crippen LogP contribution is -2.51. The van der Waals surface area contributed by atoms with E-state index in [4.69, 9.17) is 14.2 Å². The van der Waals surface area contributed by atoms with Crippen LogP contribution in [0.4, 0.5) is 0 Å². The van der Waals surface area contributed by atoms with Gasteiger partial charge in [-0.3, -0.25) is 4.79 Å². The van der Waals surface area contributed by atoms with Crippen molar-refractivity contribution in [3.63, 3.8) is 0 Å². The van der Waals surface area contributed by atoms with Crippen LogP contribution >= 0.6 is 0 Å². The Morgan fingerprint density at radius 2 is 2.04 bits per heavy atom. The number of hydrogen-bond donors (Lipinski definition) is 1. The van der Waals surface area contributed by atoms with E-state index < -0.39 is 5.79 Å². The van der Waals surface area contributed by atoms with Crippen molar-refractivity contribution in [2.24, 2.45) is 5.92 Å². The summed E-state index contributed by atoms with van der Waals surface area (Å²) in [4.78, 5) is 12.5. The van der Waals surface area contributed by atoms with Crippen LogP contribution in [-0.2, 0) is 19.0 Å². The molecule has 1 saturated carbocycles. The van der Waals surface area contributed by atoms with Gasteiger partial charge in [0.25, 0.3) is 0 Å². The first-order valence-corrected chi connectivity index (χ1v) is 8.89. The van der Waals surface area contributed by atoms with E-state index in [2.05, 4.69) is 24.4 Å². The average molecular weight is 333 g/mol. The second-order valence-corrected chi connectivity index (χ2v) is 6.61. The Bertz CT molecular complexity index is 542. The molecule has 132 valence electrons. The molecule has 1 aliphatic carbocycles. The summed E-state index contributed by atoms with van der Waals surface area (Å²) in [5.74, 6) is -0.998. The van der Waals surface area contributed by atoms with Crippen molar-refractivity contribution in [3.05, 3.63) is 35.9 Å². The van der Waals surface area contributed by atoms with Gasteiger partial charge in [0.1, 0.15) is 0 Å². The number of esters is 1. The Labute approximate surface area is 143 Å². The van der Waals surface area contributed by atoms with Gasteiger partial charge < -0.3 is 19.5 Å². The number of hydrogen-bond acceptors (Lipinski definition) is 5. The van der Waals surface area contributed by atoms with Gasteiger partial charge in [-0.1, -0.05) is 30.3 Å². The first-order valence-electron chi connectivity index (χ1n) is 8.89. The van der Waals surface area contributed by atoms with Crippen LogP contribution in [-0.4, -0.2) is 37.6 Å². The lowest BCUT2D eigenvalue weighted by Gasteiger charge is -2.41. The largest absolute Gasteiger partial charge is 0.466 e. The summed E-state index contributed by atoms with van der Waals surface area (Å²) in [6, 6.07) is 10.5. The molecule has 5 nitrogen and oxygen atoms in total. The molecular weight excluding hydrogens is 306 g/mol. The normalized spacial score (nSPS) is 27.1. The first-order chi connectivity index (χ1) is 11.6. The molecule has 0 radical (unpaired) electrons. The first kappa shape index (κ1) is 17.4. The molecular formula is C19H27NO4. The van der Waals surface area contributed by atoms with Crippen molar-refractivity contribution in [1.82, 2.24) is 5.32 Å². The molecule has 1 spiro atoms. The summed E-state index contributed by atoms with van der Waals surface area (Å²) < 4.78 is 17.0. The van der Waals surface area contributed by atoms with Crippen LogP contribution in [0.1, 0.15) is 44.7 Å². The third kappa shape index (κ3) is 3.79. The maximum absolute atomic E-state index is 12.5. The molecule has 24 heavy (non-hydrogen) atoms. The van der Waals surface area contributed by atoms with Crippen molar-refractivity contribution in [2.75, 3.05) is 19.8 Å². The molecule has 3 rings (SSSR count). The molecule has 1 heterocycles. The van der Waals surface area contributed by atoms with Gasteiger partial charge in [0.2, 0.25) is 0 Å². The standard InChI is InChI=1S/C19H27NO4/c1-3-22-18(21)16-13-19(23-11-12-24-19)10-9-17(16)20-14(2)15-7-5-4-6-8-15/h4-8,14,16-17,20H,3,9-13H2,1-2H3. The van der Waals surface area contributed by atoms with Crippen LogP contribution in [0.5, 0.6) is 0 Å². The van der Waals surface area contributed by atoms with Crippen molar-refractivity contribution < 1.29 is 19.0 Å². The predicted octanol–water partition coefficient (Wildman–Crippen LogP) is 2.81. The Morgan fingerprint density at radius 3 is 2.71 bits per heavy atom. The minimum Gasteiger partial charge on any atom is -0.466 e. The van der Waals surface area contributed by atoms with Crippen molar-refractivity contribution >= 4 is 5.97 Å². The lowest BCUT2D eigenvalue weighted by molar-refractivity contribution is -0.199. The van der Waals surface area contributed by atoms with Crippen molar-refractivity contribution in [1.29, 1.82) is 0 Å². The van der Waals surface area contributed by atoms with Crippen LogP contribution in [0.3, 0.4) is 0 Å². The number of benzene rings is 1. The molecule has 5 heteroatoms. The molecule has 1 aromatic rings. The van der Waals surface area contributed by atoms with Crippen LogP contribution in [0.2, 0.25) is 0 Å². The third-order valence-electron chi connectivity index (χ3n) is 5.02. The van der Waals surface area contributed by atoms with E-state index >= 15 is 0 Å². The zero-order valence-corrected chi connectivity index (χ0v) is 14.5. The molecule has 0 aromatic heterocycles. The van der Waals surface area contributed by atoms with E-state index in [0.29, 0.717) is 26.2 Å². The van der Waals surface area contributed by atoms with Crippen LogP contribution in [0, 0.1) is 5.92 Å². The maximum atomic E-state index is 12.5. The summed E-state index contributed by atoms with van der Waals surface area (Å²) in [5, 5.41) is 3.62. The fraction of sp³-hybridized carbons (Fsp3) is 0.632. The third-order valence-corrected chi connectivity index (χ3v) is 5.02. The zero-order valence-electron chi connectivity index (χ0n) is 14.5. The van der Waals surface area contributed by atoms with Crippen molar-refractivity contribution in [3.8, 4) is 0 Å². The summed E-state index contributed by atoms with van der Waals surface area (Å²) in [6.45, 7) is 5.58. The minimum absolute atomic E-state index is 0.0673. The zero-order chi connectivity index (χ0) is 17.0. The van der Waals surface area contributed by atoms with E-state index in [1.807, 2.05) is 25.1 Å². The monoisotopic (exact) mass is 333 g/mol. The van der Waals surface area contributed by atoms with Crippen LogP contribution in [0.15, 0.2) is 30.3 Å². The van der Waals surface area contributed by atoms with E-state index in [9.17, 15) is 4.79 Å². The van der Waals surface area contributed by atoms with Crippen LogP contribution in [0.25, 0.3) is 0 Å². The molecule has 0 amide bonds. The summed E-state index contributed by atoms with van der Waals surface area (Å²) in [6.07, 6.45) is 2.20. The van der Waals surface area contributed by atoms with Gasteiger partial charge in [0, 0.05) is 24.9 Å². The Morgan fingerprint density at radius 1 is 1.33 bits per heavy atom. The quantitative estimate of drug-likeness (QED) is 0.840. The van der Waals surface area contributed by atoms with Gasteiger partial charge >= 0.3 is 5.97 Å². The molecule has 2 aliphatic rings. The van der Waals surface area contributed by atoms with Crippen molar-refractivity contribution in [2.45, 2.75) is 51.0 Å². The maximum Gasteiger partial charge on any atom is 0.310 e. The fourth-order valence-electron chi connectivity index (χ4n) is 3.77. The highest BCUT2D eigenvalue weighted by Gasteiger charge is 2.48. The number of rotatable bonds is 5. The topological polar surface area (TPSA) is 56.8 Å². The second-order valence-electron chi connectivity index (χ2n) is 6.61. The molecule has 1 N–H and O–H groups in total. The number of ether oxygens (including phenoxy) is 3. The summed E-state index contributed by atoms with van der Waals surface area (Å²) in [5.41, 5.74) is 1.22. The summed E-state index contributed by atoms with van der Waals surface area (Å²) in [7, 11) is 0. The van der Waals surface area contributed by atoms with Gasteiger partial charge in [-0.15, -0.1) is 0 Å². The van der Waals surface area contributed by atoms with Crippen LogP contribution < -0.4 is 5.32 Å². The highest BCUT2D eigenvalue weighted by atomic mass is 16.7. The predicted molar refractivity (Wildman–Crippen MR) is 90.4 cm³/mol. The number of carbonyl (C=O) groups is 1. The van der Waals surface area contributed by atoms with E-state index in [0.717, 1.165) is 12.8 Å². The summed E-state index contributed by atoms with van der Waals surface area (Å²) >= 11 is 0. The average Bonchev–Trinajstić information content (AvgIpc) is 3.05. The number of carbonyl (C=O) groups excluding carboxylic acids is 1. The van der Waals surface area contributed by atoms with Gasteiger partial charge in [-0.2, -0.15) is 0 Å². The number of nitrogens with one attached hydrogen (secondary N) is 1. The molecule has 2 fully saturated rings. The van der Waals surface area contributed by atoms with Gasteiger partial charge in [-0.05, 0) is 25.8 Å². The Kier molecular flexibility index (Phi) is 5.54. The smallest absolute Gasteiger partial charge is 0.310 e. The SMILES string of the molecule is CCOC(=O)C1CC2(CCC1NC(C)c1ccccc1)OCCO2. The molecule has 0 bridgehead atoms. The van der Waals surface area contributed by atoms with Gasteiger partial charge in [0.05, 0.1) is 25.7 Å². The minimum atomic E-state index is -0.592. The highest BCUT2D eigenvalue weighted by molar-refractivity contribution is 5.73. The molecule has 1 aliphatic heterocycles. The van der Waals surface area contributed by atoms with Gasteiger partial charge in [0.15, 0.2) is 5.79 Å².